The Balaban J connectivity index is 2.34. The van der Waals surface area contributed by atoms with Crippen LogP contribution in [0.2, 0.25) is 0 Å². The van der Waals surface area contributed by atoms with E-state index >= 15 is 0 Å². The summed E-state index contributed by atoms with van der Waals surface area (Å²) in [6.45, 7) is 1.42. The summed E-state index contributed by atoms with van der Waals surface area (Å²) in [5, 5.41) is 11.4. The van der Waals surface area contributed by atoms with Crippen molar-refractivity contribution in [3.63, 3.8) is 0 Å². The summed E-state index contributed by atoms with van der Waals surface area (Å²) in [6, 6.07) is 12.9. The molecule has 0 atom stereocenters. The maximum absolute atomic E-state index is 13.6. The predicted octanol–water partition coefficient (Wildman–Crippen LogP) is 3.53. The Morgan fingerprint density at radius 1 is 1.11 bits per heavy atom. The van der Waals surface area contributed by atoms with E-state index in [1.807, 2.05) is 0 Å². The van der Waals surface area contributed by atoms with Crippen LogP contribution in [0.3, 0.4) is 0 Å². The smallest absolute Gasteiger partial charge is 0.210 e. The predicted molar refractivity (Wildman–Crippen MR) is 71.1 cm³/mol. The Hall–Kier alpha value is -2.49. The van der Waals surface area contributed by atoms with Gasteiger partial charge in [0.25, 0.3) is 0 Å². The Labute approximate surface area is 110 Å². The standard InChI is InChI=1S/C15H12FNO2/c1-10(17-19)15(18)12-8-6-11(7-9-12)13-4-2-3-5-14(13)16/h2-9,19H,1H3/b17-10-. The van der Waals surface area contributed by atoms with E-state index in [0.717, 1.165) is 0 Å². The van der Waals surface area contributed by atoms with Gasteiger partial charge in [-0.3, -0.25) is 4.79 Å². The average Bonchev–Trinajstić information content (AvgIpc) is 2.46. The SMILES string of the molecule is C/C(=N/O)C(=O)c1ccc(-c2ccccc2F)cc1. The van der Waals surface area contributed by atoms with E-state index < -0.39 is 0 Å². The number of halogens is 1. The molecule has 0 radical (unpaired) electrons. The monoisotopic (exact) mass is 257 g/mol. The average molecular weight is 257 g/mol. The van der Waals surface area contributed by atoms with Crippen molar-refractivity contribution < 1.29 is 14.4 Å². The zero-order valence-electron chi connectivity index (χ0n) is 10.3. The summed E-state index contributed by atoms with van der Waals surface area (Å²) in [4.78, 5) is 11.7. The summed E-state index contributed by atoms with van der Waals surface area (Å²) < 4.78 is 13.6. The molecule has 0 aliphatic carbocycles. The molecule has 0 bridgehead atoms. The number of carbonyl (C=O) groups excluding carboxylic acids is 1. The lowest BCUT2D eigenvalue weighted by molar-refractivity contribution is 0.106. The minimum Gasteiger partial charge on any atom is -0.411 e. The molecule has 2 aromatic rings. The van der Waals surface area contributed by atoms with Gasteiger partial charge in [0.15, 0.2) is 0 Å². The highest BCUT2D eigenvalue weighted by Crippen LogP contribution is 2.22. The van der Waals surface area contributed by atoms with Crippen LogP contribution in [0.4, 0.5) is 4.39 Å². The molecular weight excluding hydrogens is 245 g/mol. The van der Waals surface area contributed by atoms with Gasteiger partial charge in [-0.05, 0) is 18.6 Å². The Morgan fingerprint density at radius 2 is 1.74 bits per heavy atom. The summed E-state index contributed by atoms with van der Waals surface area (Å²) in [5.74, 6) is -0.669. The van der Waals surface area contributed by atoms with Crippen molar-refractivity contribution in [2.75, 3.05) is 0 Å². The highest BCUT2D eigenvalue weighted by atomic mass is 19.1. The van der Waals surface area contributed by atoms with E-state index in [1.54, 1.807) is 42.5 Å². The van der Waals surface area contributed by atoms with Crippen LogP contribution >= 0.6 is 0 Å². The van der Waals surface area contributed by atoms with Crippen molar-refractivity contribution in [1.82, 2.24) is 0 Å². The molecular formula is C15H12FNO2. The third-order valence-electron chi connectivity index (χ3n) is 2.81. The van der Waals surface area contributed by atoms with Gasteiger partial charge in [0.1, 0.15) is 11.5 Å². The number of nitrogens with zero attached hydrogens (tertiary/aromatic N) is 1. The van der Waals surface area contributed by atoms with Crippen molar-refractivity contribution in [2.45, 2.75) is 6.92 Å². The number of Topliss-reactive ketones (excluding diaryl/α,β-unsaturated/α-hetero) is 1. The molecule has 4 heteroatoms. The van der Waals surface area contributed by atoms with Crippen LogP contribution in [0.1, 0.15) is 17.3 Å². The van der Waals surface area contributed by atoms with Gasteiger partial charge in [-0.2, -0.15) is 0 Å². The Kier molecular flexibility index (Phi) is 3.71. The topological polar surface area (TPSA) is 49.7 Å². The molecule has 0 aliphatic rings. The van der Waals surface area contributed by atoms with Crippen molar-refractivity contribution in [1.29, 1.82) is 0 Å². The molecule has 0 fully saturated rings. The minimum atomic E-state index is -0.359. The first-order valence-corrected chi connectivity index (χ1v) is 5.72. The summed E-state index contributed by atoms with van der Waals surface area (Å²) in [6.07, 6.45) is 0. The van der Waals surface area contributed by atoms with Crippen LogP contribution in [-0.4, -0.2) is 16.7 Å². The maximum atomic E-state index is 13.6. The number of hydrogen-bond donors (Lipinski definition) is 1. The summed E-state index contributed by atoms with van der Waals surface area (Å²) in [7, 11) is 0. The van der Waals surface area contributed by atoms with E-state index in [9.17, 15) is 9.18 Å². The molecule has 0 saturated carbocycles. The number of hydrogen-bond acceptors (Lipinski definition) is 3. The van der Waals surface area contributed by atoms with E-state index in [0.29, 0.717) is 16.7 Å². The van der Waals surface area contributed by atoms with Crippen LogP contribution in [0, 0.1) is 5.82 Å². The van der Waals surface area contributed by atoms with Crippen molar-refractivity contribution >= 4 is 11.5 Å². The first-order chi connectivity index (χ1) is 9.13. The van der Waals surface area contributed by atoms with Gasteiger partial charge >= 0.3 is 0 Å². The van der Waals surface area contributed by atoms with Gasteiger partial charge in [-0.1, -0.05) is 47.6 Å². The zero-order chi connectivity index (χ0) is 13.8. The molecule has 1 N–H and O–H groups in total. The van der Waals surface area contributed by atoms with Crippen LogP contribution in [-0.2, 0) is 0 Å². The second-order valence-corrected chi connectivity index (χ2v) is 4.07. The molecule has 0 amide bonds. The number of ketones is 1. The zero-order valence-corrected chi connectivity index (χ0v) is 10.3. The van der Waals surface area contributed by atoms with E-state index in [2.05, 4.69) is 5.16 Å². The van der Waals surface area contributed by atoms with Crippen LogP contribution in [0.25, 0.3) is 11.1 Å². The highest BCUT2D eigenvalue weighted by Gasteiger charge is 2.10. The largest absolute Gasteiger partial charge is 0.411 e. The molecule has 2 rings (SSSR count). The first-order valence-electron chi connectivity index (χ1n) is 5.72. The summed E-state index contributed by atoms with van der Waals surface area (Å²) in [5.41, 5.74) is 1.58. The fourth-order valence-corrected chi connectivity index (χ4v) is 1.75. The lowest BCUT2D eigenvalue weighted by Gasteiger charge is -2.04. The molecule has 0 aliphatic heterocycles. The quantitative estimate of drug-likeness (QED) is 0.396. The lowest BCUT2D eigenvalue weighted by Crippen LogP contribution is -2.10. The van der Waals surface area contributed by atoms with Crippen LogP contribution in [0.5, 0.6) is 0 Å². The molecule has 96 valence electrons. The Morgan fingerprint density at radius 3 is 2.32 bits per heavy atom. The van der Waals surface area contributed by atoms with Crippen molar-refractivity contribution in [3.8, 4) is 11.1 Å². The summed E-state index contributed by atoms with van der Waals surface area (Å²) >= 11 is 0. The van der Waals surface area contributed by atoms with Gasteiger partial charge in [0.2, 0.25) is 5.78 Å². The Bertz CT molecular complexity index is 633. The second kappa shape index (κ2) is 5.44. The maximum Gasteiger partial charge on any atom is 0.210 e. The first kappa shape index (κ1) is 13.0. The van der Waals surface area contributed by atoms with Crippen LogP contribution < -0.4 is 0 Å². The molecule has 0 spiro atoms. The number of benzene rings is 2. The molecule has 0 saturated heterocycles. The van der Waals surface area contributed by atoms with Crippen LogP contribution in [0.15, 0.2) is 53.7 Å². The van der Waals surface area contributed by atoms with Gasteiger partial charge in [0, 0.05) is 11.1 Å². The van der Waals surface area contributed by atoms with Gasteiger partial charge < -0.3 is 5.21 Å². The fourth-order valence-electron chi connectivity index (χ4n) is 1.75. The third-order valence-corrected chi connectivity index (χ3v) is 2.81. The van der Waals surface area contributed by atoms with E-state index in [4.69, 9.17) is 5.21 Å². The highest BCUT2D eigenvalue weighted by molar-refractivity contribution is 6.45. The second-order valence-electron chi connectivity index (χ2n) is 4.07. The van der Waals surface area contributed by atoms with E-state index in [-0.39, 0.29) is 17.3 Å². The molecule has 0 heterocycles. The molecule has 19 heavy (non-hydrogen) atoms. The fraction of sp³-hybridized carbons (Fsp3) is 0.0667. The molecule has 3 nitrogen and oxygen atoms in total. The molecule has 0 aromatic heterocycles. The van der Waals surface area contributed by atoms with Gasteiger partial charge in [-0.15, -0.1) is 0 Å². The van der Waals surface area contributed by atoms with Gasteiger partial charge in [-0.25, -0.2) is 4.39 Å². The van der Waals surface area contributed by atoms with E-state index in [1.165, 1.54) is 13.0 Å². The van der Waals surface area contributed by atoms with Crippen molar-refractivity contribution in [2.24, 2.45) is 5.16 Å². The number of carbonyl (C=O) groups is 1. The van der Waals surface area contributed by atoms with Gasteiger partial charge in [0.05, 0.1) is 0 Å². The van der Waals surface area contributed by atoms with Crippen molar-refractivity contribution in [3.05, 3.63) is 59.9 Å². The number of oxime groups is 1. The normalized spacial score (nSPS) is 11.4. The molecule has 0 unspecified atom stereocenters. The number of rotatable bonds is 3. The lowest BCUT2D eigenvalue weighted by atomic mass is 10.0. The molecule has 2 aromatic carbocycles. The minimum absolute atomic E-state index is 0.0126. The third kappa shape index (κ3) is 2.68.